The van der Waals surface area contributed by atoms with Gasteiger partial charge in [-0.3, -0.25) is 0 Å². The Balaban J connectivity index is 2.23. The van der Waals surface area contributed by atoms with E-state index in [0.29, 0.717) is 0 Å². The number of anilines is 1. The van der Waals surface area contributed by atoms with Crippen molar-refractivity contribution in [1.82, 2.24) is 0 Å². The highest BCUT2D eigenvalue weighted by molar-refractivity contribution is 7.89. The number of nitrogens with one attached hydrogen (secondary N) is 1. The molecular formula is C9H12FN3O2S. The molecule has 0 spiro atoms. The molecule has 5 nitrogen and oxygen atoms in total. The number of benzene rings is 1. The minimum absolute atomic E-state index is 0.0392. The van der Waals surface area contributed by atoms with Crippen molar-refractivity contribution in [2.45, 2.75) is 23.4 Å². The maximum atomic E-state index is 13.5. The molecule has 1 fully saturated rings. The van der Waals surface area contributed by atoms with E-state index in [4.69, 9.17) is 10.9 Å². The molecule has 1 aliphatic rings. The van der Waals surface area contributed by atoms with Gasteiger partial charge in [-0.25, -0.2) is 17.9 Å². The molecule has 0 aromatic heterocycles. The van der Waals surface area contributed by atoms with E-state index in [9.17, 15) is 12.8 Å². The molecule has 0 amide bonds. The molecule has 1 aromatic rings. The van der Waals surface area contributed by atoms with Crippen LogP contribution in [-0.4, -0.2) is 20.5 Å². The van der Waals surface area contributed by atoms with Gasteiger partial charge in [0, 0.05) is 12.1 Å². The average Bonchev–Trinajstić information content (AvgIpc) is 2.84. The summed E-state index contributed by atoms with van der Waals surface area (Å²) >= 11 is 0. The van der Waals surface area contributed by atoms with Crippen molar-refractivity contribution in [3.8, 4) is 0 Å². The molecule has 7 heteroatoms. The number of rotatable bonds is 3. The van der Waals surface area contributed by atoms with E-state index >= 15 is 0 Å². The van der Waals surface area contributed by atoms with E-state index in [1.807, 2.05) is 0 Å². The number of sulfonamides is 1. The number of hydrogen-bond donors (Lipinski definition) is 3. The van der Waals surface area contributed by atoms with Gasteiger partial charge in [0.05, 0.1) is 10.6 Å². The summed E-state index contributed by atoms with van der Waals surface area (Å²) in [4.78, 5) is -0.240. The third-order valence-corrected chi connectivity index (χ3v) is 3.36. The molecule has 0 aliphatic heterocycles. The van der Waals surface area contributed by atoms with Gasteiger partial charge in [-0.1, -0.05) is 0 Å². The smallest absolute Gasteiger partial charge is 0.238 e. The summed E-state index contributed by atoms with van der Waals surface area (Å²) in [5, 5.41) is 7.75. The number of hydrogen-bond acceptors (Lipinski definition) is 4. The number of primary sulfonamides is 1. The Kier molecular flexibility index (Phi) is 2.61. The van der Waals surface area contributed by atoms with Crippen LogP contribution in [0.2, 0.25) is 0 Å². The van der Waals surface area contributed by atoms with Crippen molar-refractivity contribution < 1.29 is 12.8 Å². The van der Waals surface area contributed by atoms with Gasteiger partial charge >= 0.3 is 0 Å². The van der Waals surface area contributed by atoms with Crippen LogP contribution >= 0.6 is 0 Å². The fourth-order valence-electron chi connectivity index (χ4n) is 1.37. The Morgan fingerprint density at radius 1 is 1.44 bits per heavy atom. The molecular weight excluding hydrogens is 233 g/mol. The van der Waals surface area contributed by atoms with Crippen LogP contribution < -0.4 is 16.2 Å². The molecule has 5 N–H and O–H groups in total. The van der Waals surface area contributed by atoms with Crippen LogP contribution in [0.3, 0.4) is 0 Å². The second-order valence-corrected chi connectivity index (χ2v) is 5.40. The molecule has 0 saturated heterocycles. The van der Waals surface area contributed by atoms with Crippen LogP contribution in [0, 0.1) is 5.82 Å². The van der Waals surface area contributed by atoms with E-state index < -0.39 is 15.8 Å². The van der Waals surface area contributed by atoms with Crippen LogP contribution in [0.25, 0.3) is 0 Å². The highest BCUT2D eigenvalue weighted by Crippen LogP contribution is 2.26. The Bertz CT molecular complexity index is 517. The highest BCUT2D eigenvalue weighted by Gasteiger charge is 2.33. The monoisotopic (exact) mass is 245 g/mol. The van der Waals surface area contributed by atoms with E-state index in [1.54, 1.807) is 0 Å². The van der Waals surface area contributed by atoms with Gasteiger partial charge in [-0.15, -0.1) is 0 Å². The SMILES string of the molecule is NC1CC1Nc1ccc(S(N)(=O)=O)cc1F. The Hall–Kier alpha value is -1.18. The second kappa shape index (κ2) is 3.69. The average molecular weight is 245 g/mol. The van der Waals surface area contributed by atoms with Gasteiger partial charge in [0.25, 0.3) is 0 Å². The van der Waals surface area contributed by atoms with E-state index in [-0.39, 0.29) is 22.7 Å². The zero-order chi connectivity index (χ0) is 11.9. The second-order valence-electron chi connectivity index (χ2n) is 3.84. The predicted molar refractivity (Wildman–Crippen MR) is 57.8 cm³/mol. The largest absolute Gasteiger partial charge is 0.378 e. The lowest BCUT2D eigenvalue weighted by Gasteiger charge is -2.07. The minimum Gasteiger partial charge on any atom is -0.378 e. The van der Waals surface area contributed by atoms with Crippen molar-refractivity contribution >= 4 is 15.7 Å². The normalized spacial score (nSPS) is 24.2. The summed E-state index contributed by atoms with van der Waals surface area (Å²) < 4.78 is 35.4. The van der Waals surface area contributed by atoms with Crippen LogP contribution in [0.1, 0.15) is 6.42 Å². The van der Waals surface area contributed by atoms with Gasteiger partial charge in [-0.05, 0) is 24.6 Å². The molecule has 88 valence electrons. The predicted octanol–water partition coefficient (Wildman–Crippen LogP) is -0.0154. The zero-order valence-electron chi connectivity index (χ0n) is 8.35. The maximum Gasteiger partial charge on any atom is 0.238 e. The Morgan fingerprint density at radius 3 is 2.50 bits per heavy atom. The van der Waals surface area contributed by atoms with Crippen molar-refractivity contribution in [3.05, 3.63) is 24.0 Å². The van der Waals surface area contributed by atoms with Crippen LogP contribution in [0.4, 0.5) is 10.1 Å². The summed E-state index contributed by atoms with van der Waals surface area (Å²) in [5.74, 6) is -0.648. The van der Waals surface area contributed by atoms with Crippen LogP contribution in [0.5, 0.6) is 0 Å². The first-order valence-corrected chi connectivity index (χ1v) is 6.27. The topological polar surface area (TPSA) is 98.2 Å². The van der Waals surface area contributed by atoms with Gasteiger partial charge in [0.15, 0.2) is 0 Å². The minimum atomic E-state index is -3.86. The highest BCUT2D eigenvalue weighted by atomic mass is 32.2. The summed E-state index contributed by atoms with van der Waals surface area (Å²) in [5.41, 5.74) is 5.80. The van der Waals surface area contributed by atoms with Crippen LogP contribution in [-0.2, 0) is 10.0 Å². The first-order valence-electron chi connectivity index (χ1n) is 4.72. The molecule has 2 rings (SSSR count). The first-order chi connectivity index (χ1) is 7.38. The molecule has 2 atom stereocenters. The summed E-state index contributed by atoms with van der Waals surface area (Å²) in [6, 6.07) is 3.60. The van der Waals surface area contributed by atoms with Crippen molar-refractivity contribution in [1.29, 1.82) is 0 Å². The van der Waals surface area contributed by atoms with E-state index in [1.165, 1.54) is 12.1 Å². The maximum absolute atomic E-state index is 13.5. The summed E-state index contributed by atoms with van der Waals surface area (Å²) in [6.07, 6.45) is 0.788. The van der Waals surface area contributed by atoms with Gasteiger partial charge in [0.2, 0.25) is 10.0 Å². The Morgan fingerprint density at radius 2 is 2.06 bits per heavy atom. The fraction of sp³-hybridized carbons (Fsp3) is 0.333. The van der Waals surface area contributed by atoms with Gasteiger partial charge in [0.1, 0.15) is 5.82 Å². The van der Waals surface area contributed by atoms with Crippen molar-refractivity contribution in [2.75, 3.05) is 5.32 Å². The number of halogens is 1. The quantitative estimate of drug-likeness (QED) is 0.697. The van der Waals surface area contributed by atoms with E-state index in [0.717, 1.165) is 12.5 Å². The van der Waals surface area contributed by atoms with Crippen molar-refractivity contribution in [2.24, 2.45) is 10.9 Å². The molecule has 2 unspecified atom stereocenters. The van der Waals surface area contributed by atoms with Crippen molar-refractivity contribution in [3.63, 3.8) is 0 Å². The third kappa shape index (κ3) is 2.31. The van der Waals surface area contributed by atoms with Crippen LogP contribution in [0.15, 0.2) is 23.1 Å². The molecule has 1 saturated carbocycles. The number of nitrogens with two attached hydrogens (primary N) is 2. The first kappa shape index (κ1) is 11.3. The third-order valence-electron chi connectivity index (χ3n) is 2.45. The molecule has 0 radical (unpaired) electrons. The van der Waals surface area contributed by atoms with Gasteiger partial charge in [-0.2, -0.15) is 0 Å². The summed E-state index contributed by atoms with van der Waals surface area (Å²) in [7, 11) is -3.86. The standard InChI is InChI=1S/C9H12FN3O2S/c10-6-3-5(16(12,14)15)1-2-8(6)13-9-4-7(9)11/h1-3,7,9,13H,4,11H2,(H2,12,14,15). The molecule has 16 heavy (non-hydrogen) atoms. The lowest BCUT2D eigenvalue weighted by Crippen LogP contribution is -2.15. The van der Waals surface area contributed by atoms with Gasteiger partial charge < -0.3 is 11.1 Å². The lowest BCUT2D eigenvalue weighted by molar-refractivity contribution is 0.593. The lowest BCUT2D eigenvalue weighted by atomic mass is 10.3. The summed E-state index contributed by atoms with van der Waals surface area (Å²) in [6.45, 7) is 0. The molecule has 0 heterocycles. The fourth-order valence-corrected chi connectivity index (χ4v) is 1.90. The molecule has 1 aromatic carbocycles. The molecule has 1 aliphatic carbocycles. The zero-order valence-corrected chi connectivity index (χ0v) is 9.17. The van der Waals surface area contributed by atoms with E-state index in [2.05, 4.69) is 5.32 Å². The molecule has 0 bridgehead atoms. The Labute approximate surface area is 92.7 Å².